The third-order valence-electron chi connectivity index (χ3n) is 16.2. The number of ether oxygens (including phenoxy) is 10. The van der Waals surface area contributed by atoms with Crippen LogP contribution in [0.3, 0.4) is 0 Å². The number of hydrogen-bond acceptors (Lipinski definition) is 12. The summed E-state index contributed by atoms with van der Waals surface area (Å²) in [6.45, 7) is 22.5. The van der Waals surface area contributed by atoms with Crippen molar-refractivity contribution in [3.05, 3.63) is 153 Å². The minimum Gasteiger partial charge on any atom is -0.491 e. The molecule has 7 aliphatic rings. The average molecular weight is 1140 g/mol. The van der Waals surface area contributed by atoms with Crippen molar-refractivity contribution in [3.8, 4) is 56.8 Å². The van der Waals surface area contributed by atoms with Crippen LogP contribution < -0.4 is 28.4 Å². The van der Waals surface area contributed by atoms with Crippen LogP contribution in [-0.2, 0) is 45.0 Å². The normalized spacial score (nSPS) is 15.9. The van der Waals surface area contributed by atoms with E-state index in [1.807, 2.05) is 60.7 Å². The highest BCUT2D eigenvalue weighted by atomic mass is 16.6. The highest BCUT2D eigenvalue weighted by Crippen LogP contribution is 2.47. The molecule has 3 aromatic heterocycles. The fourth-order valence-corrected chi connectivity index (χ4v) is 12.0. The first-order valence-electron chi connectivity index (χ1n) is 29.9. The van der Waals surface area contributed by atoms with Gasteiger partial charge in [0.15, 0.2) is 0 Å². The minimum atomic E-state index is 0.225. The molecule has 16 bridgehead atoms. The molecule has 4 aromatic carbocycles. The summed E-state index contributed by atoms with van der Waals surface area (Å²) in [6, 6.07) is 32.9. The summed E-state index contributed by atoms with van der Waals surface area (Å²) >= 11 is 0. The zero-order valence-electron chi connectivity index (χ0n) is 49.9. The summed E-state index contributed by atoms with van der Waals surface area (Å²) in [6.07, 6.45) is 3.14. The predicted molar refractivity (Wildman–Crippen MR) is 332 cm³/mol. The average Bonchev–Trinajstić information content (AvgIpc) is 4.30. The van der Waals surface area contributed by atoms with Gasteiger partial charge in [-0.1, -0.05) is 64.1 Å². The van der Waals surface area contributed by atoms with Crippen LogP contribution in [0.1, 0.15) is 111 Å². The van der Waals surface area contributed by atoms with Gasteiger partial charge in [-0.2, -0.15) is 0 Å². The summed E-state index contributed by atoms with van der Waals surface area (Å²) < 4.78 is 63.2. The molecule has 0 saturated carbocycles. The van der Waals surface area contributed by atoms with Crippen molar-refractivity contribution >= 4 is 44.4 Å². The van der Waals surface area contributed by atoms with Crippen molar-refractivity contribution in [2.75, 3.05) is 79.3 Å². The van der Waals surface area contributed by atoms with Gasteiger partial charge in [-0.25, -0.2) is 9.97 Å². The fourth-order valence-electron chi connectivity index (χ4n) is 12.0. The van der Waals surface area contributed by atoms with E-state index in [1.165, 1.54) is 22.3 Å². The summed E-state index contributed by atoms with van der Waals surface area (Å²) in [5.74, 6) is 3.95. The Kier molecular flexibility index (Phi) is 18.5. The molecule has 10 heterocycles. The largest absolute Gasteiger partial charge is 0.491 e. The summed E-state index contributed by atoms with van der Waals surface area (Å²) in [5.41, 5.74) is 22.4. The first kappa shape index (κ1) is 57.9. The molecule has 0 saturated heterocycles. The van der Waals surface area contributed by atoms with Crippen molar-refractivity contribution in [1.29, 1.82) is 0 Å². The molecule has 14 heteroatoms. The standard InChI is InChI=1S/C70H78N4O10/c1-9-53-43(5)67-65-57-17-13-15-19-63(57)83-41-47-33-49-37-50(34-47)80-30-26-76-22-24-78-28-32-82-52-36-48(35-51(38-52)81-31-27-77-23-21-75-25-29-79-49)42-84-64-20-16-14-18-58(64)66(69-44(6)54(10-2)60(72-69)39-59(53)71-67)70-46(8)56(12-4)62(74-70)40-61-55(11-3)45(7)68(65)73-61/h13-20,33-40,71,74H,9-12,21-32,41-42H2,1-8H3. The van der Waals surface area contributed by atoms with Gasteiger partial charge >= 0.3 is 0 Å². The van der Waals surface area contributed by atoms with Gasteiger partial charge in [0.25, 0.3) is 0 Å². The molecule has 0 aliphatic carbocycles. The molecule has 7 aliphatic heterocycles. The van der Waals surface area contributed by atoms with Crippen molar-refractivity contribution < 1.29 is 47.4 Å². The zero-order chi connectivity index (χ0) is 58.1. The van der Waals surface area contributed by atoms with E-state index in [0.717, 1.165) is 126 Å². The van der Waals surface area contributed by atoms with E-state index in [2.05, 4.69) is 102 Å². The maximum atomic E-state index is 7.02. The highest BCUT2D eigenvalue weighted by molar-refractivity contribution is 6.04. The summed E-state index contributed by atoms with van der Waals surface area (Å²) in [7, 11) is 0. The molecule has 14 nitrogen and oxygen atoms in total. The second-order valence-electron chi connectivity index (χ2n) is 21.4. The zero-order valence-corrected chi connectivity index (χ0v) is 49.9. The number of nitrogens with one attached hydrogen (secondary N) is 2. The first-order chi connectivity index (χ1) is 41.1. The second kappa shape index (κ2) is 26.8. The smallest absolute Gasteiger partial charge is 0.127 e. The third-order valence-corrected chi connectivity index (χ3v) is 16.2. The van der Waals surface area contributed by atoms with Gasteiger partial charge in [-0.15, -0.1) is 0 Å². The maximum Gasteiger partial charge on any atom is 0.127 e. The molecule has 0 spiro atoms. The van der Waals surface area contributed by atoms with Gasteiger partial charge in [-0.3, -0.25) is 0 Å². The van der Waals surface area contributed by atoms with Crippen LogP contribution in [0.25, 0.3) is 66.6 Å². The van der Waals surface area contributed by atoms with Gasteiger partial charge in [0.05, 0.1) is 86.7 Å². The fraction of sp³-hybridized carbons (Fsp3) is 0.371. The van der Waals surface area contributed by atoms with E-state index in [0.29, 0.717) is 114 Å². The van der Waals surface area contributed by atoms with Crippen LogP contribution in [0.2, 0.25) is 0 Å². The van der Waals surface area contributed by atoms with Gasteiger partial charge in [-0.05, 0) is 158 Å². The molecule has 0 unspecified atom stereocenters. The topological polar surface area (TPSA) is 150 Å². The number of benzene rings is 4. The monoisotopic (exact) mass is 1130 g/mol. The Morgan fingerprint density at radius 3 is 1.08 bits per heavy atom. The molecule has 84 heavy (non-hydrogen) atoms. The highest BCUT2D eigenvalue weighted by Gasteiger charge is 2.28. The Hall–Kier alpha value is -7.88. The molecule has 0 fully saturated rings. The van der Waals surface area contributed by atoms with E-state index in [-0.39, 0.29) is 13.2 Å². The molecule has 0 radical (unpaired) electrons. The van der Waals surface area contributed by atoms with E-state index in [9.17, 15) is 0 Å². The van der Waals surface area contributed by atoms with E-state index in [4.69, 9.17) is 57.3 Å². The van der Waals surface area contributed by atoms with Gasteiger partial charge < -0.3 is 57.3 Å². The number of rotatable bonds is 4. The SMILES string of the molecule is CCC1=C(C)c2nc1cc1[nH]c(c(C)c1CC)c1c3nc(cc4[nH]c(c(C)c4CC)c2-c2ccccc2OCc2cc4cc(c2)OCCOCCOCCOc2cc(cc(c2)OCCOCCOCCO4)COc2ccccc2-1)C(CC)=C3C. The van der Waals surface area contributed by atoms with Gasteiger partial charge in [0.1, 0.15) is 74.1 Å². The van der Waals surface area contributed by atoms with Crippen molar-refractivity contribution in [3.63, 3.8) is 0 Å². The molecule has 0 atom stereocenters. The summed E-state index contributed by atoms with van der Waals surface area (Å²) in [4.78, 5) is 19.5. The van der Waals surface area contributed by atoms with Crippen LogP contribution in [0.5, 0.6) is 34.5 Å². The Balaban J connectivity index is 1.18. The Morgan fingerprint density at radius 1 is 0.393 bits per heavy atom. The lowest BCUT2D eigenvalue weighted by Gasteiger charge is -2.16. The predicted octanol–water partition coefficient (Wildman–Crippen LogP) is 14.8. The van der Waals surface area contributed by atoms with Crippen LogP contribution in [0.15, 0.2) is 97.1 Å². The molecule has 7 aromatic rings. The van der Waals surface area contributed by atoms with E-state index < -0.39 is 0 Å². The van der Waals surface area contributed by atoms with Crippen molar-refractivity contribution in [1.82, 2.24) is 19.9 Å². The third kappa shape index (κ3) is 12.5. The number of para-hydroxylation sites is 2. The molecule has 438 valence electrons. The van der Waals surface area contributed by atoms with Gasteiger partial charge in [0.2, 0.25) is 0 Å². The Morgan fingerprint density at radius 2 is 0.738 bits per heavy atom. The lowest BCUT2D eigenvalue weighted by molar-refractivity contribution is 0.0260. The number of allylic oxidation sites excluding steroid dienone is 4. The molecule has 0 amide bonds. The number of aromatic nitrogens is 4. The molecular formula is C70H78N4O10. The Labute approximate surface area is 493 Å². The van der Waals surface area contributed by atoms with Crippen LogP contribution in [-0.4, -0.2) is 99.2 Å². The second-order valence-corrected chi connectivity index (χ2v) is 21.4. The number of nitrogens with zero attached hydrogens (tertiary/aromatic N) is 2. The Bertz CT molecular complexity index is 3470. The van der Waals surface area contributed by atoms with Crippen LogP contribution in [0, 0.1) is 13.8 Å². The van der Waals surface area contributed by atoms with Crippen molar-refractivity contribution in [2.24, 2.45) is 0 Å². The molecule has 14 rings (SSSR count). The summed E-state index contributed by atoms with van der Waals surface area (Å²) in [5, 5.41) is 0. The van der Waals surface area contributed by atoms with Crippen LogP contribution >= 0.6 is 0 Å². The lowest BCUT2D eigenvalue weighted by Crippen LogP contribution is -2.14. The van der Waals surface area contributed by atoms with E-state index in [1.54, 1.807) is 0 Å². The molecular weight excluding hydrogens is 1060 g/mol. The maximum absolute atomic E-state index is 7.02. The number of hydrogen-bond donors (Lipinski definition) is 2. The first-order valence-corrected chi connectivity index (χ1v) is 29.9. The van der Waals surface area contributed by atoms with E-state index >= 15 is 0 Å². The van der Waals surface area contributed by atoms with Crippen molar-refractivity contribution in [2.45, 2.75) is 94.3 Å². The number of aryl methyl sites for hydroxylation is 4. The van der Waals surface area contributed by atoms with Gasteiger partial charge in [0, 0.05) is 45.4 Å². The number of aromatic amines is 2. The molecule has 2 N–H and O–H groups in total. The lowest BCUT2D eigenvalue weighted by atomic mass is 9.94. The minimum absolute atomic E-state index is 0.225. The number of H-pyrrole nitrogens is 2. The van der Waals surface area contributed by atoms with Crippen LogP contribution in [0.4, 0.5) is 0 Å². The quantitative estimate of drug-likeness (QED) is 0.173.